The van der Waals surface area contributed by atoms with Gasteiger partial charge in [-0.15, -0.1) is 0 Å². The minimum Gasteiger partial charge on any atom is -0.395 e. The smallest absolute Gasteiger partial charge is 0.0558 e. The van der Waals surface area contributed by atoms with Crippen molar-refractivity contribution in [2.75, 3.05) is 39.5 Å². The Morgan fingerprint density at radius 2 is 1.13 bits per heavy atom. The van der Waals surface area contributed by atoms with Gasteiger partial charge < -0.3 is 15.3 Å². The van der Waals surface area contributed by atoms with Crippen molar-refractivity contribution in [1.82, 2.24) is 4.90 Å². The van der Waals surface area contributed by atoms with Crippen molar-refractivity contribution in [3.05, 3.63) is 0 Å². The molecule has 0 aliphatic rings. The van der Waals surface area contributed by atoms with Gasteiger partial charge in [-0.1, -0.05) is 0 Å². The average Bonchev–Trinajstić information content (AvgIpc) is 2.02. The molecule has 0 radical (unpaired) electrons. The molecule has 4 N–H and O–H groups in total. The first-order chi connectivity index (χ1) is 6.85. The summed E-state index contributed by atoms with van der Waals surface area (Å²) in [5, 5.41) is 25.5. The van der Waals surface area contributed by atoms with Crippen molar-refractivity contribution >= 4 is 13.8 Å². The molecule has 94 valence electrons. The van der Waals surface area contributed by atoms with Gasteiger partial charge in [-0.25, -0.2) is 0 Å². The Hall–Kier alpha value is 0.158. The molecule has 0 aliphatic carbocycles. The number of aliphatic hydroxyl groups is 3. The second-order valence-electron chi connectivity index (χ2n) is 3.31. The molecule has 0 atom stereocenters. The summed E-state index contributed by atoms with van der Waals surface area (Å²) in [4.78, 5) is 1.79. The van der Waals surface area contributed by atoms with E-state index in [1.54, 1.807) is 4.90 Å². The topological polar surface area (TPSA) is 101 Å². The number of rotatable bonds is 6. The van der Waals surface area contributed by atoms with Crippen LogP contribution in [0.1, 0.15) is 0 Å². The summed E-state index contributed by atoms with van der Waals surface area (Å²) in [6.07, 6.45) is 0. The van der Waals surface area contributed by atoms with Crippen LogP contribution in [0.25, 0.3) is 0 Å². The third-order valence-electron chi connectivity index (χ3n) is 1.25. The van der Waals surface area contributed by atoms with E-state index in [0.717, 1.165) is 0 Å². The largest absolute Gasteiger partial charge is 0.395 e. The molecule has 0 bridgehead atoms. The fraction of sp³-hybridized carbons (Fsp3) is 1.00. The Balaban J connectivity index is 0. The summed E-state index contributed by atoms with van der Waals surface area (Å²) in [5.74, 6) is 0. The van der Waals surface area contributed by atoms with E-state index in [-0.39, 0.29) is 19.8 Å². The van der Waals surface area contributed by atoms with Crippen LogP contribution in [0.5, 0.6) is 0 Å². The average molecular weight is 287 g/mol. The zero-order valence-corrected chi connectivity index (χ0v) is 11.2. The van der Waals surface area contributed by atoms with Gasteiger partial charge in [0.1, 0.15) is 0 Å². The maximum absolute atomic E-state index is 9.83. The van der Waals surface area contributed by atoms with E-state index in [9.17, 15) is 3.74 Å². The Kier molecular flexibility index (Phi) is 12.5. The number of aliphatic hydroxyl groups excluding tert-OH is 3. The molecule has 0 saturated heterocycles. The predicted octanol–water partition coefficient (Wildman–Crippen LogP) is -1.62. The third kappa shape index (κ3) is 25.0. The minimum absolute atomic E-state index is 0.0694. The van der Waals surface area contributed by atoms with Crippen LogP contribution >= 0.6 is 0 Å². The van der Waals surface area contributed by atoms with E-state index in [1.165, 1.54) is 11.4 Å². The van der Waals surface area contributed by atoms with Crippen LogP contribution in [0.3, 0.4) is 0 Å². The van der Waals surface area contributed by atoms with E-state index >= 15 is 0 Å². The van der Waals surface area contributed by atoms with E-state index in [2.05, 4.69) is 0 Å². The zero-order chi connectivity index (χ0) is 12.3. The molecule has 7 heteroatoms. The van der Waals surface area contributed by atoms with Crippen LogP contribution in [0.15, 0.2) is 0 Å². The SMILES string of the molecule is C[As](C)(=O)O.OCCN(CCO)CCO. The first-order valence-electron chi connectivity index (χ1n) is 4.67. The quantitative estimate of drug-likeness (QED) is 0.438. The number of hydrogen-bond donors (Lipinski definition) is 4. The Bertz CT molecular complexity index is 150. The molecule has 0 aliphatic heterocycles. The Morgan fingerprint density at radius 1 is 0.933 bits per heavy atom. The molecule has 0 fully saturated rings. The molecule has 0 aromatic heterocycles. The van der Waals surface area contributed by atoms with Gasteiger partial charge in [0, 0.05) is 19.6 Å². The van der Waals surface area contributed by atoms with Crippen molar-refractivity contribution in [1.29, 1.82) is 0 Å². The van der Waals surface area contributed by atoms with Gasteiger partial charge >= 0.3 is 33.1 Å². The second-order valence-corrected chi connectivity index (χ2v) is 8.74. The van der Waals surface area contributed by atoms with Gasteiger partial charge in [0.25, 0.3) is 0 Å². The summed E-state index contributed by atoms with van der Waals surface area (Å²) in [7, 11) is 0. The van der Waals surface area contributed by atoms with Crippen LogP contribution in [0, 0.1) is 0 Å². The van der Waals surface area contributed by atoms with Gasteiger partial charge in [-0.05, 0) is 0 Å². The molecule has 0 heterocycles. The molecule has 0 aromatic carbocycles. The summed E-state index contributed by atoms with van der Waals surface area (Å²) in [6.45, 7) is 1.75. The van der Waals surface area contributed by atoms with Gasteiger partial charge in [-0.3, -0.25) is 4.90 Å². The van der Waals surface area contributed by atoms with Gasteiger partial charge in [0.2, 0.25) is 0 Å². The third-order valence-corrected chi connectivity index (χ3v) is 1.25. The van der Waals surface area contributed by atoms with Crippen LogP contribution < -0.4 is 0 Å². The van der Waals surface area contributed by atoms with Crippen molar-refractivity contribution in [2.45, 2.75) is 11.4 Å². The van der Waals surface area contributed by atoms with Crippen LogP contribution in [0.2, 0.25) is 11.4 Å². The maximum Gasteiger partial charge on any atom is 0.0558 e. The molecule has 0 amide bonds. The van der Waals surface area contributed by atoms with E-state index in [1.807, 2.05) is 0 Å². The van der Waals surface area contributed by atoms with E-state index in [0.29, 0.717) is 19.6 Å². The van der Waals surface area contributed by atoms with E-state index < -0.39 is 13.8 Å². The normalized spacial score (nSPS) is 11.1. The maximum atomic E-state index is 9.83. The second kappa shape index (κ2) is 10.7. The zero-order valence-electron chi connectivity index (χ0n) is 9.33. The molecule has 6 nitrogen and oxygen atoms in total. The molecule has 0 aromatic rings. The van der Waals surface area contributed by atoms with Crippen molar-refractivity contribution in [3.63, 3.8) is 0 Å². The van der Waals surface area contributed by atoms with Crippen molar-refractivity contribution in [3.8, 4) is 0 Å². The number of hydrogen-bond acceptors (Lipinski definition) is 5. The molecule has 15 heavy (non-hydrogen) atoms. The van der Waals surface area contributed by atoms with Gasteiger partial charge in [0.15, 0.2) is 0 Å². The molecule has 0 spiro atoms. The Labute approximate surface area is 93.2 Å². The molecular weight excluding hydrogens is 265 g/mol. The van der Waals surface area contributed by atoms with Crippen LogP contribution in [0.4, 0.5) is 0 Å². The summed E-state index contributed by atoms with van der Waals surface area (Å²) in [6, 6.07) is 0. The minimum atomic E-state index is -3.12. The summed E-state index contributed by atoms with van der Waals surface area (Å²) >= 11 is -3.12. The van der Waals surface area contributed by atoms with Crippen molar-refractivity contribution in [2.24, 2.45) is 0 Å². The first kappa shape index (κ1) is 17.5. The van der Waals surface area contributed by atoms with Crippen LogP contribution in [-0.4, -0.2) is 77.6 Å². The standard InChI is InChI=1S/C6H15NO3.C2H7AsO2/c8-4-1-7(2-5-9)3-6-10;1-3(2,4)5/h8-10H,1-6H2;1-2H3,(H,4,5). The Morgan fingerprint density at radius 3 is 1.27 bits per heavy atom. The van der Waals surface area contributed by atoms with Crippen molar-refractivity contribution < 1.29 is 23.2 Å². The first-order valence-corrected chi connectivity index (χ1v) is 10.0. The molecule has 0 unspecified atom stereocenters. The number of nitrogens with zero attached hydrogens (tertiary/aromatic N) is 1. The molecule has 0 saturated carbocycles. The summed E-state index contributed by atoms with van der Waals surface area (Å²) in [5.41, 5.74) is 2.72. The summed E-state index contributed by atoms with van der Waals surface area (Å²) < 4.78 is 18.0. The van der Waals surface area contributed by atoms with Gasteiger partial charge in [-0.2, -0.15) is 0 Å². The molecular formula is C8H22AsNO5. The fourth-order valence-electron chi connectivity index (χ4n) is 0.760. The van der Waals surface area contributed by atoms with E-state index in [4.69, 9.17) is 19.4 Å². The van der Waals surface area contributed by atoms with Crippen LogP contribution in [-0.2, 0) is 3.74 Å². The predicted molar refractivity (Wildman–Crippen MR) is 58.1 cm³/mol. The molecule has 0 rings (SSSR count). The monoisotopic (exact) mass is 287 g/mol. The fourth-order valence-corrected chi connectivity index (χ4v) is 0.760. The van der Waals surface area contributed by atoms with Gasteiger partial charge in [0.05, 0.1) is 19.8 Å².